The molecule has 1 heterocycles. The summed E-state index contributed by atoms with van der Waals surface area (Å²) in [4.78, 5) is 15.8. The maximum Gasteiger partial charge on any atom is 0.237 e. The fourth-order valence-electron chi connectivity index (χ4n) is 2.03. The Morgan fingerprint density at radius 3 is 2.68 bits per heavy atom. The van der Waals surface area contributed by atoms with E-state index >= 15 is 0 Å². The van der Waals surface area contributed by atoms with Crippen LogP contribution in [0.5, 0.6) is 0 Å². The molecule has 0 aliphatic carbocycles. The van der Waals surface area contributed by atoms with Crippen molar-refractivity contribution in [1.82, 2.24) is 10.1 Å². The summed E-state index contributed by atoms with van der Waals surface area (Å²) in [5.74, 6) is -0.170. The lowest BCUT2D eigenvalue weighted by Gasteiger charge is -2.12. The zero-order valence-corrected chi connectivity index (χ0v) is 11.1. The minimum atomic E-state index is -0.421. The molecule has 1 unspecified atom stereocenters. The summed E-state index contributed by atoms with van der Waals surface area (Å²) in [6.45, 7) is 5.33. The summed E-state index contributed by atoms with van der Waals surface area (Å²) in [7, 11) is 0. The van der Waals surface area contributed by atoms with Gasteiger partial charge in [-0.1, -0.05) is 31.1 Å². The van der Waals surface area contributed by atoms with E-state index in [9.17, 15) is 9.18 Å². The zero-order chi connectivity index (χ0) is 14.0. The number of halogens is 1. The van der Waals surface area contributed by atoms with Crippen molar-refractivity contribution in [3.63, 3.8) is 0 Å². The van der Waals surface area contributed by atoms with Crippen molar-refractivity contribution in [2.45, 2.75) is 26.7 Å². The largest absolute Gasteiger partial charge is 0.338 e. The lowest BCUT2D eigenvalue weighted by atomic mass is 9.92. The highest BCUT2D eigenvalue weighted by molar-refractivity contribution is 5.82. The van der Waals surface area contributed by atoms with Crippen molar-refractivity contribution in [2.24, 2.45) is 5.92 Å². The van der Waals surface area contributed by atoms with E-state index in [4.69, 9.17) is 4.52 Å². The van der Waals surface area contributed by atoms with Gasteiger partial charge in [-0.15, -0.1) is 0 Å². The normalized spacial score (nSPS) is 12.7. The first-order valence-corrected chi connectivity index (χ1v) is 6.09. The molecule has 0 bridgehead atoms. The first kappa shape index (κ1) is 13.4. The Morgan fingerprint density at radius 2 is 2.11 bits per heavy atom. The molecule has 0 amide bonds. The molecule has 19 heavy (non-hydrogen) atoms. The molecule has 100 valence electrons. The average molecular weight is 262 g/mol. The van der Waals surface area contributed by atoms with Gasteiger partial charge in [0.2, 0.25) is 11.7 Å². The summed E-state index contributed by atoms with van der Waals surface area (Å²) in [6, 6.07) is 5.94. The van der Waals surface area contributed by atoms with Crippen molar-refractivity contribution < 1.29 is 13.7 Å². The number of rotatable bonds is 4. The van der Waals surface area contributed by atoms with E-state index in [0.29, 0.717) is 11.4 Å². The summed E-state index contributed by atoms with van der Waals surface area (Å²) >= 11 is 0. The predicted molar refractivity (Wildman–Crippen MR) is 68.0 cm³/mol. The molecule has 5 heteroatoms. The van der Waals surface area contributed by atoms with E-state index in [0.717, 1.165) is 0 Å². The second-order valence-electron chi connectivity index (χ2n) is 4.80. The van der Waals surface area contributed by atoms with E-state index in [-0.39, 0.29) is 23.4 Å². The van der Waals surface area contributed by atoms with Crippen LogP contribution < -0.4 is 0 Å². The molecule has 1 atom stereocenters. The Bertz CT molecular complexity index is 593. The maximum absolute atomic E-state index is 13.1. The van der Waals surface area contributed by atoms with E-state index < -0.39 is 5.92 Å². The van der Waals surface area contributed by atoms with Crippen molar-refractivity contribution >= 4 is 5.78 Å². The van der Waals surface area contributed by atoms with Crippen LogP contribution in [0.15, 0.2) is 28.8 Å². The quantitative estimate of drug-likeness (QED) is 0.849. The second kappa shape index (κ2) is 5.30. The number of hydrogen-bond donors (Lipinski definition) is 0. The molecule has 0 N–H and O–H groups in total. The van der Waals surface area contributed by atoms with Crippen LogP contribution in [0.3, 0.4) is 0 Å². The van der Waals surface area contributed by atoms with Gasteiger partial charge >= 0.3 is 0 Å². The third-order valence-corrected chi connectivity index (χ3v) is 2.90. The first-order valence-electron chi connectivity index (χ1n) is 6.09. The van der Waals surface area contributed by atoms with Crippen molar-refractivity contribution in [2.75, 3.05) is 0 Å². The van der Waals surface area contributed by atoms with Gasteiger partial charge < -0.3 is 4.52 Å². The number of carbonyl (C=O) groups is 1. The van der Waals surface area contributed by atoms with Gasteiger partial charge in [0.25, 0.3) is 0 Å². The van der Waals surface area contributed by atoms with Gasteiger partial charge in [0.1, 0.15) is 11.6 Å². The summed E-state index contributed by atoms with van der Waals surface area (Å²) in [6.07, 6.45) is 0. The SMILES string of the molecule is CC(=O)C(c1nc(-c2cccc(F)c2)no1)C(C)C. The number of nitrogens with zero attached hydrogens (tertiary/aromatic N) is 2. The van der Waals surface area contributed by atoms with Crippen LogP contribution >= 0.6 is 0 Å². The Morgan fingerprint density at radius 1 is 1.37 bits per heavy atom. The standard InChI is InChI=1S/C14H15FN2O2/c1-8(2)12(9(3)18)14-16-13(17-19-14)10-5-4-6-11(15)7-10/h4-8,12H,1-3H3. The minimum absolute atomic E-state index is 0.0237. The van der Waals surface area contributed by atoms with Gasteiger partial charge in [-0.05, 0) is 25.0 Å². The number of Topliss-reactive ketones (excluding diaryl/α,β-unsaturated/α-hetero) is 1. The number of hydrogen-bond acceptors (Lipinski definition) is 4. The number of carbonyl (C=O) groups excluding carboxylic acids is 1. The van der Waals surface area contributed by atoms with Gasteiger partial charge in [-0.2, -0.15) is 4.98 Å². The molecule has 2 aromatic rings. The highest BCUT2D eigenvalue weighted by Crippen LogP contribution is 2.26. The fourth-order valence-corrected chi connectivity index (χ4v) is 2.03. The third kappa shape index (κ3) is 2.86. The molecule has 1 aromatic carbocycles. The molecule has 0 saturated carbocycles. The van der Waals surface area contributed by atoms with E-state index in [1.54, 1.807) is 12.1 Å². The fraction of sp³-hybridized carbons (Fsp3) is 0.357. The molecule has 0 saturated heterocycles. The van der Waals surface area contributed by atoms with Gasteiger partial charge in [0.05, 0.1) is 5.92 Å². The van der Waals surface area contributed by atoms with Crippen LogP contribution in [0.2, 0.25) is 0 Å². The highest BCUT2D eigenvalue weighted by atomic mass is 19.1. The molecule has 0 aliphatic rings. The molecule has 2 rings (SSSR count). The summed E-state index contributed by atoms with van der Waals surface area (Å²) < 4.78 is 18.3. The minimum Gasteiger partial charge on any atom is -0.338 e. The smallest absolute Gasteiger partial charge is 0.237 e. The van der Waals surface area contributed by atoms with Gasteiger partial charge in [-0.25, -0.2) is 4.39 Å². The topological polar surface area (TPSA) is 56.0 Å². The van der Waals surface area contributed by atoms with Crippen LogP contribution in [0.4, 0.5) is 4.39 Å². The lowest BCUT2D eigenvalue weighted by molar-refractivity contribution is -0.119. The van der Waals surface area contributed by atoms with Crippen LogP contribution in [0, 0.1) is 11.7 Å². The van der Waals surface area contributed by atoms with E-state index in [1.807, 2.05) is 13.8 Å². The third-order valence-electron chi connectivity index (χ3n) is 2.90. The molecular weight excluding hydrogens is 247 g/mol. The Balaban J connectivity index is 2.35. The lowest BCUT2D eigenvalue weighted by Crippen LogP contribution is -2.15. The van der Waals surface area contributed by atoms with Crippen LogP contribution in [-0.2, 0) is 4.79 Å². The van der Waals surface area contributed by atoms with Crippen LogP contribution in [0.1, 0.15) is 32.6 Å². The molecule has 0 fully saturated rings. The zero-order valence-electron chi connectivity index (χ0n) is 11.1. The van der Waals surface area contributed by atoms with Crippen molar-refractivity contribution in [1.29, 1.82) is 0 Å². The monoisotopic (exact) mass is 262 g/mol. The highest BCUT2D eigenvalue weighted by Gasteiger charge is 2.27. The predicted octanol–water partition coefficient (Wildman–Crippen LogP) is 3.20. The first-order chi connectivity index (χ1) is 8.99. The molecular formula is C14H15FN2O2. The summed E-state index contributed by atoms with van der Waals surface area (Å²) in [5, 5.41) is 3.81. The van der Waals surface area contributed by atoms with Gasteiger partial charge in [-0.3, -0.25) is 4.79 Å². The Kier molecular flexibility index (Phi) is 3.74. The Hall–Kier alpha value is -2.04. The maximum atomic E-state index is 13.1. The second-order valence-corrected chi connectivity index (χ2v) is 4.80. The van der Waals surface area contributed by atoms with Gasteiger partial charge in [0.15, 0.2) is 0 Å². The van der Waals surface area contributed by atoms with Crippen LogP contribution in [-0.4, -0.2) is 15.9 Å². The number of aromatic nitrogens is 2. The Labute approximate surface area is 110 Å². The van der Waals surface area contributed by atoms with Crippen molar-refractivity contribution in [3.8, 4) is 11.4 Å². The molecule has 4 nitrogen and oxygen atoms in total. The van der Waals surface area contributed by atoms with Crippen LogP contribution in [0.25, 0.3) is 11.4 Å². The number of benzene rings is 1. The van der Waals surface area contributed by atoms with Gasteiger partial charge in [0, 0.05) is 5.56 Å². The molecule has 0 aliphatic heterocycles. The number of ketones is 1. The molecule has 0 spiro atoms. The van der Waals surface area contributed by atoms with E-state index in [1.165, 1.54) is 19.1 Å². The van der Waals surface area contributed by atoms with Crippen molar-refractivity contribution in [3.05, 3.63) is 36.0 Å². The molecule has 1 aromatic heterocycles. The average Bonchev–Trinajstić information content (AvgIpc) is 2.77. The molecule has 0 radical (unpaired) electrons. The van der Waals surface area contributed by atoms with E-state index in [2.05, 4.69) is 10.1 Å². The summed E-state index contributed by atoms with van der Waals surface area (Å²) in [5.41, 5.74) is 0.529.